The highest BCUT2D eigenvalue weighted by Crippen LogP contribution is 2.55. The molecule has 2 rings (SSSR count). The Morgan fingerprint density at radius 3 is 1.74 bits per heavy atom. The fourth-order valence-corrected chi connectivity index (χ4v) is 2.84. The zero-order valence-electron chi connectivity index (χ0n) is 13.9. The van der Waals surface area contributed by atoms with Crippen LogP contribution in [0, 0.1) is 24.0 Å². The highest BCUT2D eigenvalue weighted by molar-refractivity contribution is 5.74. The third-order valence-electron chi connectivity index (χ3n) is 4.00. The van der Waals surface area contributed by atoms with Crippen LogP contribution in [-0.4, -0.2) is 17.3 Å². The van der Waals surface area contributed by atoms with E-state index in [0.29, 0.717) is 6.07 Å². The van der Waals surface area contributed by atoms with Gasteiger partial charge in [0.25, 0.3) is 5.69 Å². The van der Waals surface area contributed by atoms with Crippen LogP contribution in [0.3, 0.4) is 0 Å². The molecule has 0 aliphatic carbocycles. The minimum Gasteiger partial charge on any atom is -0.258 e. The molecule has 0 amide bonds. The van der Waals surface area contributed by atoms with Crippen LogP contribution < -0.4 is 0 Å². The van der Waals surface area contributed by atoms with E-state index in [0.717, 1.165) is 24.3 Å². The molecular formula is C17H12F7NO2. The van der Waals surface area contributed by atoms with E-state index in [1.807, 2.05) is 0 Å². The SMILES string of the molecule is Cc1cc(C)c(-c2ccc([N+](=O)[O-])cc2)c(C(F)(C(F)(F)F)C(F)(F)F)c1. The number of benzene rings is 2. The van der Waals surface area contributed by atoms with Gasteiger partial charge < -0.3 is 0 Å². The van der Waals surface area contributed by atoms with Gasteiger partial charge >= 0.3 is 18.0 Å². The van der Waals surface area contributed by atoms with Crippen molar-refractivity contribution >= 4 is 5.69 Å². The van der Waals surface area contributed by atoms with E-state index < -0.39 is 39.8 Å². The topological polar surface area (TPSA) is 43.1 Å². The first kappa shape index (κ1) is 20.7. The minimum atomic E-state index is -6.26. The second-order valence-corrected chi connectivity index (χ2v) is 5.96. The van der Waals surface area contributed by atoms with Crippen molar-refractivity contribution in [2.75, 3.05) is 0 Å². The van der Waals surface area contributed by atoms with E-state index in [2.05, 4.69) is 0 Å². The number of nitro benzene ring substituents is 1. The average Bonchev–Trinajstić information content (AvgIpc) is 2.51. The predicted octanol–water partition coefficient (Wildman–Crippen LogP) is 6.17. The van der Waals surface area contributed by atoms with Crippen molar-refractivity contribution in [2.45, 2.75) is 31.9 Å². The normalized spacial score (nSPS) is 12.9. The molecule has 10 heteroatoms. The molecule has 0 aliphatic heterocycles. The molecule has 0 saturated carbocycles. The first-order chi connectivity index (χ1) is 12.2. The van der Waals surface area contributed by atoms with Crippen LogP contribution in [-0.2, 0) is 5.67 Å². The Bertz CT molecular complexity index is 857. The van der Waals surface area contributed by atoms with Gasteiger partial charge in [-0.05, 0) is 42.7 Å². The van der Waals surface area contributed by atoms with Gasteiger partial charge in [0.1, 0.15) is 0 Å². The van der Waals surface area contributed by atoms with Crippen molar-refractivity contribution in [3.63, 3.8) is 0 Å². The van der Waals surface area contributed by atoms with Crippen molar-refractivity contribution in [1.29, 1.82) is 0 Å². The van der Waals surface area contributed by atoms with Crippen LogP contribution in [0.25, 0.3) is 11.1 Å². The fourth-order valence-electron chi connectivity index (χ4n) is 2.84. The van der Waals surface area contributed by atoms with Gasteiger partial charge in [0.2, 0.25) is 0 Å². The highest BCUT2D eigenvalue weighted by atomic mass is 19.4. The number of nitrogens with zero attached hydrogens (tertiary/aromatic N) is 1. The Kier molecular flexibility index (Phi) is 4.98. The summed E-state index contributed by atoms with van der Waals surface area (Å²) in [6, 6.07) is 5.58. The van der Waals surface area contributed by atoms with Gasteiger partial charge in [0, 0.05) is 17.7 Å². The summed E-state index contributed by atoms with van der Waals surface area (Å²) in [5.74, 6) is 0. The molecule has 0 aromatic heterocycles. The van der Waals surface area contributed by atoms with Gasteiger partial charge in [-0.3, -0.25) is 10.1 Å². The maximum atomic E-state index is 14.7. The Balaban J connectivity index is 2.87. The van der Waals surface area contributed by atoms with Gasteiger partial charge in [-0.1, -0.05) is 17.7 Å². The molecule has 3 nitrogen and oxygen atoms in total. The quantitative estimate of drug-likeness (QED) is 0.354. The summed E-state index contributed by atoms with van der Waals surface area (Å²) in [7, 11) is 0. The number of nitro groups is 1. The smallest absolute Gasteiger partial charge is 0.258 e. The molecule has 0 saturated heterocycles. The number of alkyl halides is 7. The lowest BCUT2D eigenvalue weighted by Gasteiger charge is -2.32. The molecule has 2 aromatic carbocycles. The molecule has 0 atom stereocenters. The highest BCUT2D eigenvalue weighted by Gasteiger charge is 2.74. The van der Waals surface area contributed by atoms with E-state index >= 15 is 0 Å². The van der Waals surface area contributed by atoms with Gasteiger partial charge in [-0.25, -0.2) is 4.39 Å². The van der Waals surface area contributed by atoms with Crippen molar-refractivity contribution in [3.05, 3.63) is 63.2 Å². The van der Waals surface area contributed by atoms with E-state index in [-0.39, 0.29) is 16.7 Å². The zero-order chi connectivity index (χ0) is 20.8. The lowest BCUT2D eigenvalue weighted by atomic mass is 9.83. The van der Waals surface area contributed by atoms with Crippen molar-refractivity contribution < 1.29 is 35.7 Å². The fraction of sp³-hybridized carbons (Fsp3) is 0.294. The Hall–Kier alpha value is -2.65. The van der Waals surface area contributed by atoms with Crippen molar-refractivity contribution in [2.24, 2.45) is 0 Å². The van der Waals surface area contributed by atoms with Gasteiger partial charge in [-0.15, -0.1) is 0 Å². The molecule has 0 spiro atoms. The number of non-ortho nitro benzene ring substituents is 1. The summed E-state index contributed by atoms with van der Waals surface area (Å²) in [6.07, 6.45) is -12.5. The molecule has 0 aliphatic rings. The summed E-state index contributed by atoms with van der Waals surface area (Å²) in [5.41, 5.74) is -8.47. The number of hydrogen-bond donors (Lipinski definition) is 0. The predicted molar refractivity (Wildman–Crippen MR) is 82.9 cm³/mol. The first-order valence-corrected chi connectivity index (χ1v) is 7.39. The standard InChI is InChI=1S/C17H12F7NO2/c1-9-7-10(2)14(11-3-5-12(6-4-11)25(26)27)13(8-9)15(18,16(19,20)21)17(22,23)24/h3-8H,1-2H3. The molecular weight excluding hydrogens is 383 g/mol. The molecule has 0 fully saturated rings. The Labute approximate surface area is 148 Å². The lowest BCUT2D eigenvalue weighted by Crippen LogP contribution is -2.50. The van der Waals surface area contributed by atoms with Crippen LogP contribution in [0.5, 0.6) is 0 Å². The number of hydrogen-bond acceptors (Lipinski definition) is 2. The van der Waals surface area contributed by atoms with Crippen LogP contribution >= 0.6 is 0 Å². The summed E-state index contributed by atoms with van der Waals surface area (Å²) >= 11 is 0. The third-order valence-corrected chi connectivity index (χ3v) is 4.00. The largest absolute Gasteiger partial charge is 0.435 e. The van der Waals surface area contributed by atoms with Crippen molar-refractivity contribution in [3.8, 4) is 11.1 Å². The summed E-state index contributed by atoms with van der Waals surface area (Å²) in [6.45, 7) is 2.48. The van der Waals surface area contributed by atoms with E-state index in [9.17, 15) is 40.8 Å². The van der Waals surface area contributed by atoms with Crippen LogP contribution in [0.15, 0.2) is 36.4 Å². The second kappa shape index (κ2) is 6.50. The van der Waals surface area contributed by atoms with Crippen LogP contribution in [0.1, 0.15) is 16.7 Å². The molecule has 0 N–H and O–H groups in total. The third kappa shape index (κ3) is 3.47. The monoisotopic (exact) mass is 395 g/mol. The molecule has 0 heterocycles. The Morgan fingerprint density at radius 2 is 1.33 bits per heavy atom. The number of rotatable bonds is 3. The van der Waals surface area contributed by atoms with E-state index in [1.165, 1.54) is 19.9 Å². The number of halogens is 7. The van der Waals surface area contributed by atoms with E-state index in [4.69, 9.17) is 0 Å². The maximum Gasteiger partial charge on any atom is 0.435 e. The summed E-state index contributed by atoms with van der Waals surface area (Å²) < 4.78 is 94.1. The lowest BCUT2D eigenvalue weighted by molar-refractivity contribution is -0.384. The summed E-state index contributed by atoms with van der Waals surface area (Å²) in [4.78, 5) is 9.92. The van der Waals surface area contributed by atoms with E-state index in [1.54, 1.807) is 0 Å². The summed E-state index contributed by atoms with van der Waals surface area (Å²) in [5, 5.41) is 10.7. The Morgan fingerprint density at radius 1 is 0.852 bits per heavy atom. The zero-order valence-corrected chi connectivity index (χ0v) is 13.9. The van der Waals surface area contributed by atoms with Crippen LogP contribution in [0.2, 0.25) is 0 Å². The van der Waals surface area contributed by atoms with Gasteiger partial charge in [-0.2, -0.15) is 26.3 Å². The van der Waals surface area contributed by atoms with Gasteiger partial charge in [0.15, 0.2) is 0 Å². The maximum absolute atomic E-state index is 14.7. The van der Waals surface area contributed by atoms with Crippen molar-refractivity contribution in [1.82, 2.24) is 0 Å². The number of aryl methyl sites for hydroxylation is 2. The second-order valence-electron chi connectivity index (χ2n) is 5.96. The molecule has 0 bridgehead atoms. The van der Waals surface area contributed by atoms with Gasteiger partial charge in [0.05, 0.1) is 4.92 Å². The molecule has 27 heavy (non-hydrogen) atoms. The molecule has 2 aromatic rings. The molecule has 0 radical (unpaired) electrons. The molecule has 146 valence electrons. The minimum absolute atomic E-state index is 0.00341. The first-order valence-electron chi connectivity index (χ1n) is 7.39. The average molecular weight is 395 g/mol. The van der Waals surface area contributed by atoms with Crippen LogP contribution in [0.4, 0.5) is 36.4 Å². The molecule has 0 unspecified atom stereocenters.